The van der Waals surface area contributed by atoms with Crippen molar-refractivity contribution in [2.45, 2.75) is 19.9 Å². The molecule has 13 heavy (non-hydrogen) atoms. The zero-order chi connectivity index (χ0) is 9.42. The normalized spacial score (nSPS) is 11.3. The number of imidazole rings is 1. The lowest BCUT2D eigenvalue weighted by molar-refractivity contribution is 0.598. The van der Waals surface area contributed by atoms with Crippen LogP contribution >= 0.6 is 0 Å². The minimum absolute atomic E-state index is 0. The van der Waals surface area contributed by atoms with Crippen LogP contribution in [0.3, 0.4) is 0 Å². The lowest BCUT2D eigenvalue weighted by atomic mass is 10.3. The molecule has 0 aliphatic carbocycles. The van der Waals surface area contributed by atoms with Gasteiger partial charge in [0, 0.05) is 13.7 Å². The fourth-order valence-corrected chi connectivity index (χ4v) is 1.47. The second-order valence-electron chi connectivity index (χ2n) is 3.27. The van der Waals surface area contributed by atoms with Crippen LogP contribution in [0.25, 0.3) is 11.2 Å². The predicted octanol–water partition coefficient (Wildman–Crippen LogP) is 1.55. The highest BCUT2D eigenvalue weighted by Crippen LogP contribution is 2.10. The van der Waals surface area contributed by atoms with Gasteiger partial charge in [-0.1, -0.05) is 0 Å². The number of H-pyrrole nitrogens is 1. The molecular weight excluding hydrogens is 166 g/mol. The third-order valence-electron chi connectivity index (χ3n) is 2.01. The summed E-state index contributed by atoms with van der Waals surface area (Å²) in [6, 6.07) is 3.87. The van der Waals surface area contributed by atoms with Crippen molar-refractivity contribution in [3.63, 3.8) is 0 Å². The summed E-state index contributed by atoms with van der Waals surface area (Å²) in [7, 11) is 0. The molecule has 0 aliphatic rings. The first-order chi connectivity index (χ1) is 6.20. The van der Waals surface area contributed by atoms with Gasteiger partial charge in [0.2, 0.25) is 0 Å². The molecule has 0 bridgehead atoms. The van der Waals surface area contributed by atoms with Crippen LogP contribution in [0.15, 0.2) is 23.1 Å². The topological polar surface area (TPSA) is 50.7 Å². The third-order valence-corrected chi connectivity index (χ3v) is 2.01. The van der Waals surface area contributed by atoms with E-state index in [4.69, 9.17) is 0 Å². The summed E-state index contributed by atoms with van der Waals surface area (Å²) in [4.78, 5) is 18.2. The van der Waals surface area contributed by atoms with Crippen LogP contribution < -0.4 is 5.69 Å². The number of fused-ring (bicyclic) bond motifs is 1. The van der Waals surface area contributed by atoms with Gasteiger partial charge in [0.15, 0.2) is 5.65 Å². The van der Waals surface area contributed by atoms with Crippen molar-refractivity contribution >= 4 is 11.2 Å². The van der Waals surface area contributed by atoms with Crippen molar-refractivity contribution in [3.8, 4) is 0 Å². The number of nitrogens with one attached hydrogen (secondary N) is 1. The Morgan fingerprint density at radius 3 is 3.08 bits per heavy atom. The van der Waals surface area contributed by atoms with Crippen LogP contribution in [0, 0.1) is 0 Å². The van der Waals surface area contributed by atoms with Gasteiger partial charge in [-0.05, 0) is 26.0 Å². The summed E-state index contributed by atoms with van der Waals surface area (Å²) >= 11 is 0. The molecule has 0 saturated carbocycles. The van der Waals surface area contributed by atoms with E-state index in [9.17, 15) is 4.79 Å². The number of hydrogen-bond acceptors (Lipinski definition) is 2. The molecule has 0 radical (unpaired) electrons. The zero-order valence-electron chi connectivity index (χ0n) is 7.61. The Hall–Kier alpha value is -1.58. The van der Waals surface area contributed by atoms with Gasteiger partial charge in [-0.15, -0.1) is 0 Å². The standard InChI is InChI=1S/C9H11N3O.H2/c1-6(2)12-7-4-3-5-10-8(7)11-9(12)13;/h3-6H,1-2H3,(H,10,11,13);1H. The summed E-state index contributed by atoms with van der Waals surface area (Å²) in [5.74, 6) is 0. The molecule has 0 aliphatic heterocycles. The maximum Gasteiger partial charge on any atom is 0.327 e. The van der Waals surface area contributed by atoms with Gasteiger partial charge in [-0.25, -0.2) is 9.78 Å². The first-order valence-corrected chi connectivity index (χ1v) is 4.25. The maximum absolute atomic E-state index is 11.4. The molecule has 0 fully saturated rings. The monoisotopic (exact) mass is 179 g/mol. The van der Waals surface area contributed by atoms with Crippen molar-refractivity contribution < 1.29 is 1.43 Å². The van der Waals surface area contributed by atoms with Crippen LogP contribution in [0.2, 0.25) is 0 Å². The molecule has 0 aromatic carbocycles. The van der Waals surface area contributed by atoms with Gasteiger partial charge in [-0.3, -0.25) is 9.55 Å². The van der Waals surface area contributed by atoms with Crippen molar-refractivity contribution in [3.05, 3.63) is 28.8 Å². The van der Waals surface area contributed by atoms with Crippen LogP contribution in [0.4, 0.5) is 0 Å². The Balaban J connectivity index is 0.000000980. The molecule has 2 aromatic rings. The second-order valence-corrected chi connectivity index (χ2v) is 3.27. The molecule has 2 rings (SSSR count). The van der Waals surface area contributed by atoms with E-state index in [1.165, 1.54) is 0 Å². The lowest BCUT2D eigenvalue weighted by Crippen LogP contribution is -2.18. The Kier molecular flexibility index (Phi) is 1.69. The van der Waals surface area contributed by atoms with E-state index in [1.54, 1.807) is 10.8 Å². The SMILES string of the molecule is CC(C)n1c(=O)[nH]c2ncccc21.[HH]. The van der Waals surface area contributed by atoms with Gasteiger partial charge in [0.25, 0.3) is 0 Å². The Labute approximate surface area is 76.7 Å². The van der Waals surface area contributed by atoms with Gasteiger partial charge < -0.3 is 0 Å². The first kappa shape index (κ1) is 8.04. The Morgan fingerprint density at radius 1 is 1.62 bits per heavy atom. The maximum atomic E-state index is 11.4. The highest BCUT2D eigenvalue weighted by Gasteiger charge is 2.08. The van der Waals surface area contributed by atoms with Gasteiger partial charge in [0.1, 0.15) is 0 Å². The molecule has 70 valence electrons. The molecule has 0 saturated heterocycles. The molecule has 0 atom stereocenters. The van der Waals surface area contributed by atoms with Crippen LogP contribution in [0.5, 0.6) is 0 Å². The molecule has 0 unspecified atom stereocenters. The number of aromatic amines is 1. The number of hydrogen-bond donors (Lipinski definition) is 1. The summed E-state index contributed by atoms with van der Waals surface area (Å²) in [6.45, 7) is 3.95. The average Bonchev–Trinajstić information content (AvgIpc) is 2.39. The van der Waals surface area contributed by atoms with Gasteiger partial charge in [-0.2, -0.15) is 0 Å². The smallest absolute Gasteiger partial charge is 0.290 e. The third kappa shape index (κ3) is 1.14. The molecule has 2 aromatic heterocycles. The second kappa shape index (κ2) is 2.73. The van der Waals surface area contributed by atoms with E-state index in [0.29, 0.717) is 5.65 Å². The summed E-state index contributed by atoms with van der Waals surface area (Å²) in [5, 5.41) is 0. The molecular formula is C9H13N3O. The van der Waals surface area contributed by atoms with Crippen molar-refractivity contribution in [1.29, 1.82) is 0 Å². The fraction of sp³-hybridized carbons (Fsp3) is 0.333. The van der Waals surface area contributed by atoms with Crippen molar-refractivity contribution in [2.24, 2.45) is 0 Å². The number of aromatic nitrogens is 3. The van der Waals surface area contributed by atoms with E-state index in [2.05, 4.69) is 9.97 Å². The van der Waals surface area contributed by atoms with E-state index < -0.39 is 0 Å². The summed E-state index contributed by atoms with van der Waals surface area (Å²) in [6.07, 6.45) is 1.67. The molecule has 2 heterocycles. The van der Waals surface area contributed by atoms with E-state index in [1.807, 2.05) is 26.0 Å². The quantitative estimate of drug-likeness (QED) is 0.722. The average molecular weight is 179 g/mol. The highest BCUT2D eigenvalue weighted by atomic mass is 16.1. The number of rotatable bonds is 1. The molecule has 4 nitrogen and oxygen atoms in total. The number of nitrogens with zero attached hydrogens (tertiary/aromatic N) is 2. The van der Waals surface area contributed by atoms with Gasteiger partial charge >= 0.3 is 5.69 Å². The van der Waals surface area contributed by atoms with Crippen LogP contribution in [-0.2, 0) is 0 Å². The fourth-order valence-electron chi connectivity index (χ4n) is 1.47. The predicted molar refractivity (Wildman–Crippen MR) is 52.9 cm³/mol. The largest absolute Gasteiger partial charge is 0.327 e. The molecule has 0 amide bonds. The van der Waals surface area contributed by atoms with E-state index in [-0.39, 0.29) is 13.2 Å². The summed E-state index contributed by atoms with van der Waals surface area (Å²) < 4.78 is 1.70. The zero-order valence-corrected chi connectivity index (χ0v) is 7.61. The lowest BCUT2D eigenvalue weighted by Gasteiger charge is -2.05. The van der Waals surface area contributed by atoms with Crippen LogP contribution in [0.1, 0.15) is 21.3 Å². The molecule has 1 N–H and O–H groups in total. The van der Waals surface area contributed by atoms with E-state index in [0.717, 1.165) is 5.52 Å². The number of pyridine rings is 1. The van der Waals surface area contributed by atoms with E-state index >= 15 is 0 Å². The highest BCUT2D eigenvalue weighted by molar-refractivity contribution is 5.70. The first-order valence-electron chi connectivity index (χ1n) is 4.25. The minimum Gasteiger partial charge on any atom is -0.290 e. The summed E-state index contributed by atoms with van der Waals surface area (Å²) in [5.41, 5.74) is 1.42. The van der Waals surface area contributed by atoms with Crippen molar-refractivity contribution in [1.82, 2.24) is 14.5 Å². The van der Waals surface area contributed by atoms with Crippen LogP contribution in [-0.4, -0.2) is 14.5 Å². The Morgan fingerprint density at radius 2 is 2.38 bits per heavy atom. The Bertz CT molecular complexity index is 486. The molecule has 0 spiro atoms. The molecule has 4 heteroatoms. The van der Waals surface area contributed by atoms with Gasteiger partial charge in [0.05, 0.1) is 5.52 Å². The minimum atomic E-state index is -0.0938. The van der Waals surface area contributed by atoms with Crippen molar-refractivity contribution in [2.75, 3.05) is 0 Å².